The first kappa shape index (κ1) is 11.5. The maximum atomic E-state index is 5.63. The molecule has 1 unspecified atom stereocenters. The van der Waals surface area contributed by atoms with E-state index in [1.165, 1.54) is 43.6 Å². The zero-order valence-corrected chi connectivity index (χ0v) is 10.2. The molecule has 0 aromatic heterocycles. The van der Waals surface area contributed by atoms with E-state index in [0.29, 0.717) is 5.92 Å². The van der Waals surface area contributed by atoms with Gasteiger partial charge in [-0.1, -0.05) is 25.1 Å². The van der Waals surface area contributed by atoms with Crippen LogP contribution in [0.2, 0.25) is 0 Å². The number of fused-ring (bicyclic) bond motifs is 1. The second-order valence-electron chi connectivity index (χ2n) is 4.85. The van der Waals surface area contributed by atoms with Crippen molar-refractivity contribution < 1.29 is 0 Å². The molecule has 0 bridgehead atoms. The van der Waals surface area contributed by atoms with Gasteiger partial charge in [0, 0.05) is 18.8 Å². The predicted octanol–water partition coefficient (Wildman–Crippen LogP) is 2.42. The number of nitrogens with two attached hydrogens (primary N) is 1. The summed E-state index contributed by atoms with van der Waals surface area (Å²) in [6.45, 7) is 5.42. The molecule has 1 aliphatic heterocycles. The van der Waals surface area contributed by atoms with Crippen LogP contribution in [-0.2, 0) is 6.42 Å². The average molecular weight is 218 g/mol. The van der Waals surface area contributed by atoms with E-state index < -0.39 is 0 Å². The van der Waals surface area contributed by atoms with Crippen LogP contribution in [-0.4, -0.2) is 19.6 Å². The highest BCUT2D eigenvalue weighted by Gasteiger charge is 2.17. The molecule has 2 heteroatoms. The van der Waals surface area contributed by atoms with Gasteiger partial charge in [-0.3, -0.25) is 0 Å². The van der Waals surface area contributed by atoms with Gasteiger partial charge in [0.25, 0.3) is 0 Å². The first-order valence-corrected chi connectivity index (χ1v) is 6.34. The molecule has 88 valence electrons. The van der Waals surface area contributed by atoms with Gasteiger partial charge in [-0.05, 0) is 43.4 Å². The van der Waals surface area contributed by atoms with Gasteiger partial charge in [-0.25, -0.2) is 0 Å². The highest BCUT2D eigenvalue weighted by molar-refractivity contribution is 5.57. The second kappa shape index (κ2) is 5.35. The fourth-order valence-corrected chi connectivity index (χ4v) is 2.39. The maximum absolute atomic E-state index is 5.63. The third kappa shape index (κ3) is 2.56. The molecule has 0 amide bonds. The molecule has 0 radical (unpaired) electrons. The van der Waals surface area contributed by atoms with E-state index >= 15 is 0 Å². The zero-order chi connectivity index (χ0) is 11.4. The Bertz CT molecular complexity index is 335. The molecule has 0 aliphatic carbocycles. The second-order valence-corrected chi connectivity index (χ2v) is 4.85. The molecule has 1 atom stereocenters. The Labute approximate surface area is 98.4 Å². The van der Waals surface area contributed by atoms with Crippen LogP contribution < -0.4 is 10.6 Å². The lowest BCUT2D eigenvalue weighted by atomic mass is 10.1. The minimum absolute atomic E-state index is 0.665. The van der Waals surface area contributed by atoms with E-state index in [2.05, 4.69) is 36.1 Å². The Morgan fingerprint density at radius 3 is 3.00 bits per heavy atom. The molecule has 2 nitrogen and oxygen atoms in total. The minimum atomic E-state index is 0.665. The molecular weight excluding hydrogens is 196 g/mol. The summed E-state index contributed by atoms with van der Waals surface area (Å²) in [7, 11) is 0. The summed E-state index contributed by atoms with van der Waals surface area (Å²) in [5.74, 6) is 0.665. The fraction of sp³-hybridized carbons (Fsp3) is 0.571. The molecule has 2 N–H and O–H groups in total. The van der Waals surface area contributed by atoms with E-state index in [1.54, 1.807) is 0 Å². The van der Waals surface area contributed by atoms with E-state index in [-0.39, 0.29) is 0 Å². The molecule has 0 spiro atoms. The number of hydrogen-bond donors (Lipinski definition) is 1. The van der Waals surface area contributed by atoms with Crippen LogP contribution >= 0.6 is 0 Å². The summed E-state index contributed by atoms with van der Waals surface area (Å²) >= 11 is 0. The van der Waals surface area contributed by atoms with Gasteiger partial charge in [0.1, 0.15) is 0 Å². The molecule has 0 saturated heterocycles. The summed E-state index contributed by atoms with van der Waals surface area (Å²) in [6, 6.07) is 8.77. The van der Waals surface area contributed by atoms with Gasteiger partial charge in [0.2, 0.25) is 0 Å². The molecule has 1 aromatic rings. The topological polar surface area (TPSA) is 29.3 Å². The average Bonchev–Trinajstić information content (AvgIpc) is 2.73. The van der Waals surface area contributed by atoms with Crippen molar-refractivity contribution in [2.75, 3.05) is 24.5 Å². The Morgan fingerprint density at radius 2 is 2.19 bits per heavy atom. The third-order valence-corrected chi connectivity index (χ3v) is 3.51. The van der Waals surface area contributed by atoms with Crippen molar-refractivity contribution in [3.8, 4) is 0 Å². The number of nitrogens with zero attached hydrogens (tertiary/aromatic N) is 1. The molecule has 16 heavy (non-hydrogen) atoms. The summed E-state index contributed by atoms with van der Waals surface area (Å²) < 4.78 is 0. The largest absolute Gasteiger partial charge is 0.371 e. The van der Waals surface area contributed by atoms with E-state index in [0.717, 1.165) is 6.54 Å². The first-order chi connectivity index (χ1) is 7.81. The SMILES string of the molecule is CC(CN)CCCN1CCc2ccccc21. The van der Waals surface area contributed by atoms with Crippen molar-refractivity contribution in [3.63, 3.8) is 0 Å². The van der Waals surface area contributed by atoms with Crippen LogP contribution in [0.1, 0.15) is 25.3 Å². The van der Waals surface area contributed by atoms with E-state index in [1.807, 2.05) is 0 Å². The smallest absolute Gasteiger partial charge is 0.0399 e. The van der Waals surface area contributed by atoms with Gasteiger partial charge < -0.3 is 10.6 Å². The van der Waals surface area contributed by atoms with Crippen LogP contribution in [0.15, 0.2) is 24.3 Å². The predicted molar refractivity (Wildman–Crippen MR) is 69.8 cm³/mol. The van der Waals surface area contributed by atoms with Crippen LogP contribution in [0.4, 0.5) is 5.69 Å². The lowest BCUT2D eigenvalue weighted by Gasteiger charge is -2.20. The van der Waals surface area contributed by atoms with Crippen molar-refractivity contribution >= 4 is 5.69 Å². The summed E-state index contributed by atoms with van der Waals surface area (Å²) in [5.41, 5.74) is 8.59. The van der Waals surface area contributed by atoms with Crippen LogP contribution in [0, 0.1) is 5.92 Å². The van der Waals surface area contributed by atoms with Gasteiger partial charge in [0.15, 0.2) is 0 Å². The van der Waals surface area contributed by atoms with Gasteiger partial charge >= 0.3 is 0 Å². The zero-order valence-electron chi connectivity index (χ0n) is 10.2. The van der Waals surface area contributed by atoms with Gasteiger partial charge in [-0.15, -0.1) is 0 Å². The summed E-state index contributed by atoms with van der Waals surface area (Å²) in [6.07, 6.45) is 3.71. The molecular formula is C14H22N2. The number of hydrogen-bond acceptors (Lipinski definition) is 2. The quantitative estimate of drug-likeness (QED) is 0.822. The van der Waals surface area contributed by atoms with E-state index in [4.69, 9.17) is 5.73 Å². The molecule has 1 aromatic carbocycles. The number of para-hydroxylation sites is 1. The van der Waals surface area contributed by atoms with Crippen LogP contribution in [0.3, 0.4) is 0 Å². The highest BCUT2D eigenvalue weighted by Crippen LogP contribution is 2.27. The number of benzene rings is 1. The maximum Gasteiger partial charge on any atom is 0.0399 e. The van der Waals surface area contributed by atoms with Crippen molar-refractivity contribution in [2.45, 2.75) is 26.2 Å². The Balaban J connectivity index is 1.84. The monoisotopic (exact) mass is 218 g/mol. The van der Waals surface area contributed by atoms with Crippen molar-refractivity contribution in [2.24, 2.45) is 11.7 Å². The fourth-order valence-electron chi connectivity index (χ4n) is 2.39. The minimum Gasteiger partial charge on any atom is -0.371 e. The van der Waals surface area contributed by atoms with Crippen LogP contribution in [0.5, 0.6) is 0 Å². The van der Waals surface area contributed by atoms with Crippen molar-refractivity contribution in [1.82, 2.24) is 0 Å². The van der Waals surface area contributed by atoms with Crippen LogP contribution in [0.25, 0.3) is 0 Å². The van der Waals surface area contributed by atoms with E-state index in [9.17, 15) is 0 Å². The Hall–Kier alpha value is -1.02. The molecule has 2 rings (SSSR count). The molecule has 1 aliphatic rings. The standard InChI is InChI=1S/C14H22N2/c1-12(11-15)5-4-9-16-10-8-13-6-2-3-7-14(13)16/h2-3,6-7,12H,4-5,8-11,15H2,1H3. The number of rotatable bonds is 5. The Morgan fingerprint density at radius 1 is 1.38 bits per heavy atom. The highest BCUT2D eigenvalue weighted by atomic mass is 15.1. The summed E-state index contributed by atoms with van der Waals surface area (Å²) in [5, 5.41) is 0. The molecule has 1 heterocycles. The molecule has 0 fully saturated rings. The summed E-state index contributed by atoms with van der Waals surface area (Å²) in [4.78, 5) is 2.51. The lowest BCUT2D eigenvalue weighted by molar-refractivity contribution is 0.519. The van der Waals surface area contributed by atoms with Gasteiger partial charge in [-0.2, -0.15) is 0 Å². The Kier molecular flexibility index (Phi) is 3.83. The molecule has 0 saturated carbocycles. The first-order valence-electron chi connectivity index (χ1n) is 6.34. The lowest BCUT2D eigenvalue weighted by Crippen LogP contribution is -2.22. The van der Waals surface area contributed by atoms with Crippen molar-refractivity contribution in [3.05, 3.63) is 29.8 Å². The normalized spacial score (nSPS) is 16.2. The van der Waals surface area contributed by atoms with Crippen molar-refractivity contribution in [1.29, 1.82) is 0 Å². The number of anilines is 1. The van der Waals surface area contributed by atoms with Gasteiger partial charge in [0.05, 0.1) is 0 Å². The third-order valence-electron chi connectivity index (χ3n) is 3.51.